The first-order chi connectivity index (χ1) is 6.45. The van der Waals surface area contributed by atoms with Gasteiger partial charge in [-0.15, -0.1) is 0 Å². The highest BCUT2D eigenvalue weighted by atomic mass is 19.4. The zero-order valence-electron chi connectivity index (χ0n) is 6.89. The van der Waals surface area contributed by atoms with Crippen molar-refractivity contribution in [2.45, 2.75) is 18.1 Å². The van der Waals surface area contributed by atoms with Gasteiger partial charge < -0.3 is 14.9 Å². The summed E-state index contributed by atoms with van der Waals surface area (Å²) < 4.78 is 63.3. The number of hydrogen-bond acceptors (Lipinski definition) is 4. The van der Waals surface area contributed by atoms with E-state index in [1.165, 1.54) is 0 Å². The third kappa shape index (κ3) is 2.63. The number of halogens is 5. The summed E-state index contributed by atoms with van der Waals surface area (Å²) in [4.78, 5) is 10.3. The van der Waals surface area contributed by atoms with E-state index in [0.29, 0.717) is 0 Å². The molecule has 0 saturated heterocycles. The normalized spacial score (nSPS) is 16.7. The van der Waals surface area contributed by atoms with Crippen molar-refractivity contribution in [2.75, 3.05) is 0 Å². The summed E-state index contributed by atoms with van der Waals surface area (Å²) in [6.45, 7) is 2.61. The number of rotatable bonds is 3. The molecule has 9 heteroatoms. The lowest BCUT2D eigenvalue weighted by Crippen LogP contribution is -2.60. The van der Waals surface area contributed by atoms with Gasteiger partial charge in [0.2, 0.25) is 0 Å². The first-order valence-electron chi connectivity index (χ1n) is 3.20. The Morgan fingerprint density at radius 1 is 1.20 bits per heavy atom. The Morgan fingerprint density at radius 2 is 1.60 bits per heavy atom. The van der Waals surface area contributed by atoms with Crippen LogP contribution >= 0.6 is 0 Å². The second-order valence-electron chi connectivity index (χ2n) is 2.31. The summed E-state index contributed by atoms with van der Waals surface area (Å²) in [6.07, 6.45) is -6.07. The van der Waals surface area contributed by atoms with Crippen LogP contribution in [0.3, 0.4) is 0 Å². The van der Waals surface area contributed by atoms with Gasteiger partial charge in [0.1, 0.15) is 0 Å². The Kier molecular flexibility index (Phi) is 3.43. The zero-order chi connectivity index (χ0) is 12.5. The van der Waals surface area contributed by atoms with Crippen molar-refractivity contribution >= 4 is 5.97 Å². The molecule has 0 aliphatic heterocycles. The number of aliphatic hydroxyl groups is 2. The van der Waals surface area contributed by atoms with Gasteiger partial charge in [-0.25, -0.2) is 4.79 Å². The summed E-state index contributed by atoms with van der Waals surface area (Å²) in [6, 6.07) is -5.41. The van der Waals surface area contributed by atoms with Gasteiger partial charge in [0.25, 0.3) is 0 Å². The fourth-order valence-electron chi connectivity index (χ4n) is 0.483. The highest BCUT2D eigenvalue weighted by molar-refractivity contribution is 5.81. The van der Waals surface area contributed by atoms with E-state index < -0.39 is 24.0 Å². The average molecular weight is 236 g/mol. The van der Waals surface area contributed by atoms with Gasteiger partial charge >= 0.3 is 24.0 Å². The molecule has 0 fully saturated rings. The van der Waals surface area contributed by atoms with Crippen LogP contribution in [0.15, 0.2) is 12.7 Å². The first kappa shape index (κ1) is 13.8. The molecule has 1 atom stereocenters. The Balaban J connectivity index is 5.24. The standard InChI is InChI=1S/C6H5F5O4/c1-2-3(12)15-4(7,5(8,9)10)6(11,13)14/h2,13-14H,1H2. The molecule has 0 radical (unpaired) electrons. The largest absolute Gasteiger partial charge is 0.469 e. The minimum absolute atomic E-state index is 0.0891. The van der Waals surface area contributed by atoms with Crippen molar-refractivity contribution in [1.29, 1.82) is 0 Å². The lowest BCUT2D eigenvalue weighted by Gasteiger charge is -2.31. The maximum atomic E-state index is 12.8. The Labute approximate surface area is 79.6 Å². The fraction of sp³-hybridized carbons (Fsp3) is 0.500. The number of alkyl halides is 5. The highest BCUT2D eigenvalue weighted by Gasteiger charge is 2.73. The van der Waals surface area contributed by atoms with Crippen LogP contribution in [-0.2, 0) is 9.53 Å². The quantitative estimate of drug-likeness (QED) is 0.325. The van der Waals surface area contributed by atoms with Crippen molar-refractivity contribution in [3.8, 4) is 0 Å². The smallest absolute Gasteiger partial charge is 0.410 e. The van der Waals surface area contributed by atoms with Gasteiger partial charge in [-0.05, 0) is 0 Å². The van der Waals surface area contributed by atoms with Crippen LogP contribution in [0.25, 0.3) is 0 Å². The van der Waals surface area contributed by atoms with Crippen LogP contribution in [0.2, 0.25) is 0 Å². The molecule has 0 spiro atoms. The average Bonchev–Trinajstić information content (AvgIpc) is 1.99. The maximum Gasteiger partial charge on any atom is 0.469 e. The Bertz CT molecular complexity index is 252. The fourth-order valence-corrected chi connectivity index (χ4v) is 0.483. The maximum absolute atomic E-state index is 12.8. The minimum atomic E-state index is -6.16. The topological polar surface area (TPSA) is 66.8 Å². The molecular weight excluding hydrogens is 231 g/mol. The monoisotopic (exact) mass is 236 g/mol. The van der Waals surface area contributed by atoms with Gasteiger partial charge in [-0.2, -0.15) is 22.0 Å². The SMILES string of the molecule is C=CC(=O)OC(F)(C(O)(O)F)C(F)(F)F. The molecule has 0 aromatic rings. The predicted octanol–water partition coefficient (Wildman–Crippen LogP) is 0.552. The minimum Gasteiger partial charge on any atom is -0.410 e. The van der Waals surface area contributed by atoms with Crippen LogP contribution in [0.1, 0.15) is 0 Å². The van der Waals surface area contributed by atoms with E-state index in [0.717, 1.165) is 0 Å². The van der Waals surface area contributed by atoms with E-state index in [1.807, 2.05) is 0 Å². The van der Waals surface area contributed by atoms with Crippen molar-refractivity contribution in [3.63, 3.8) is 0 Å². The van der Waals surface area contributed by atoms with Gasteiger partial charge in [0, 0.05) is 6.08 Å². The molecule has 0 heterocycles. The summed E-state index contributed by atoms with van der Waals surface area (Å²) in [5, 5.41) is 15.8. The molecular formula is C6H5F5O4. The molecule has 1 unspecified atom stereocenters. The molecule has 0 aromatic heterocycles. The van der Waals surface area contributed by atoms with E-state index in [-0.39, 0.29) is 6.08 Å². The van der Waals surface area contributed by atoms with Gasteiger partial charge in [0.05, 0.1) is 0 Å². The molecule has 0 saturated carbocycles. The van der Waals surface area contributed by atoms with E-state index in [9.17, 15) is 26.7 Å². The van der Waals surface area contributed by atoms with Gasteiger partial charge in [-0.3, -0.25) is 0 Å². The van der Waals surface area contributed by atoms with Crippen LogP contribution in [0.5, 0.6) is 0 Å². The van der Waals surface area contributed by atoms with Gasteiger partial charge in [-0.1, -0.05) is 6.58 Å². The lowest BCUT2D eigenvalue weighted by molar-refractivity contribution is -0.459. The van der Waals surface area contributed by atoms with Crippen molar-refractivity contribution in [1.82, 2.24) is 0 Å². The van der Waals surface area contributed by atoms with Crippen LogP contribution in [-0.4, -0.2) is 34.3 Å². The van der Waals surface area contributed by atoms with Crippen LogP contribution in [0.4, 0.5) is 22.0 Å². The molecule has 2 N–H and O–H groups in total. The number of hydrogen-bond donors (Lipinski definition) is 2. The van der Waals surface area contributed by atoms with E-state index in [1.54, 1.807) is 0 Å². The summed E-state index contributed by atoms with van der Waals surface area (Å²) in [5.41, 5.74) is 0. The Morgan fingerprint density at radius 3 is 1.80 bits per heavy atom. The predicted molar refractivity (Wildman–Crippen MR) is 34.5 cm³/mol. The second kappa shape index (κ2) is 3.74. The van der Waals surface area contributed by atoms with Crippen LogP contribution < -0.4 is 0 Å². The third-order valence-electron chi connectivity index (χ3n) is 1.18. The Hall–Kier alpha value is -1.22. The molecule has 0 aromatic carbocycles. The first-order valence-corrected chi connectivity index (χ1v) is 3.20. The van der Waals surface area contributed by atoms with Crippen molar-refractivity contribution < 1.29 is 41.7 Å². The van der Waals surface area contributed by atoms with E-state index in [4.69, 9.17) is 10.2 Å². The second-order valence-corrected chi connectivity index (χ2v) is 2.31. The van der Waals surface area contributed by atoms with E-state index in [2.05, 4.69) is 11.3 Å². The molecule has 0 rings (SSSR count). The van der Waals surface area contributed by atoms with E-state index >= 15 is 0 Å². The van der Waals surface area contributed by atoms with Crippen molar-refractivity contribution in [3.05, 3.63) is 12.7 Å². The molecule has 0 aliphatic rings. The van der Waals surface area contributed by atoms with Crippen molar-refractivity contribution in [2.24, 2.45) is 0 Å². The molecule has 88 valence electrons. The summed E-state index contributed by atoms with van der Waals surface area (Å²) in [5.74, 6) is -7.59. The summed E-state index contributed by atoms with van der Waals surface area (Å²) in [7, 11) is 0. The van der Waals surface area contributed by atoms with Crippen LogP contribution in [0, 0.1) is 0 Å². The zero-order valence-corrected chi connectivity index (χ0v) is 6.89. The number of esters is 1. The molecule has 0 bridgehead atoms. The molecule has 0 amide bonds. The lowest BCUT2D eigenvalue weighted by atomic mass is 10.2. The molecule has 15 heavy (non-hydrogen) atoms. The number of carbonyl (C=O) groups excluding carboxylic acids is 1. The molecule has 0 aliphatic carbocycles. The highest BCUT2D eigenvalue weighted by Crippen LogP contribution is 2.42. The third-order valence-corrected chi connectivity index (χ3v) is 1.18. The molecule has 4 nitrogen and oxygen atoms in total. The number of carbonyl (C=O) groups is 1. The summed E-state index contributed by atoms with van der Waals surface area (Å²) >= 11 is 0. The van der Waals surface area contributed by atoms with Gasteiger partial charge in [0.15, 0.2) is 0 Å². The number of ether oxygens (including phenoxy) is 1.